The standard InChI is InChI=1S/C29H29NO3/c31-16-20-15-29(33-17-20)18-30(19-29)24-9-6-22(7-10-24)28-26(21-4-2-1-3-5-21)12-8-23-14-25(32)11-13-27(23)28/h1-7,9-11,13-14,16,20,26,28,32H,8,12,15,17-19H2. The first kappa shape index (κ1) is 20.5. The number of aldehydes is 1. The number of ether oxygens (including phenoxy) is 1. The van der Waals surface area contributed by atoms with Crippen molar-refractivity contribution in [3.05, 3.63) is 95.1 Å². The zero-order chi connectivity index (χ0) is 22.4. The molecule has 3 aromatic carbocycles. The summed E-state index contributed by atoms with van der Waals surface area (Å²) in [6.07, 6.45) is 3.93. The molecule has 3 aromatic rings. The molecule has 0 amide bonds. The van der Waals surface area contributed by atoms with Gasteiger partial charge in [-0.1, -0.05) is 48.5 Å². The van der Waals surface area contributed by atoms with Gasteiger partial charge in [0.25, 0.3) is 0 Å². The summed E-state index contributed by atoms with van der Waals surface area (Å²) in [5, 5.41) is 10.0. The molecule has 0 aromatic heterocycles. The van der Waals surface area contributed by atoms with Crippen molar-refractivity contribution in [2.75, 3.05) is 24.6 Å². The Bertz CT molecular complexity index is 1150. The summed E-state index contributed by atoms with van der Waals surface area (Å²) in [6.45, 7) is 2.28. The molecule has 3 unspecified atom stereocenters. The minimum Gasteiger partial charge on any atom is -0.508 e. The lowest BCUT2D eigenvalue weighted by Gasteiger charge is -2.48. The third-order valence-corrected chi connectivity index (χ3v) is 7.82. The first-order valence-electron chi connectivity index (χ1n) is 11.9. The van der Waals surface area contributed by atoms with E-state index in [9.17, 15) is 9.90 Å². The van der Waals surface area contributed by atoms with Crippen molar-refractivity contribution in [2.45, 2.75) is 36.7 Å². The van der Waals surface area contributed by atoms with Crippen LogP contribution in [0.2, 0.25) is 0 Å². The van der Waals surface area contributed by atoms with Crippen molar-refractivity contribution < 1.29 is 14.6 Å². The molecule has 6 rings (SSSR count). The number of phenols is 1. The van der Waals surface area contributed by atoms with Crippen molar-refractivity contribution in [2.24, 2.45) is 5.92 Å². The van der Waals surface area contributed by atoms with Gasteiger partial charge in [-0.15, -0.1) is 0 Å². The van der Waals surface area contributed by atoms with Crippen LogP contribution in [0, 0.1) is 5.92 Å². The van der Waals surface area contributed by atoms with E-state index >= 15 is 0 Å². The molecular formula is C29H29NO3. The van der Waals surface area contributed by atoms with E-state index in [1.807, 2.05) is 12.1 Å². The average molecular weight is 440 g/mol. The number of carbonyl (C=O) groups excluding carboxylic acids is 1. The fraction of sp³-hybridized carbons (Fsp3) is 0.345. The molecule has 0 saturated carbocycles. The molecule has 2 heterocycles. The van der Waals surface area contributed by atoms with Gasteiger partial charge in [-0.2, -0.15) is 0 Å². The van der Waals surface area contributed by atoms with Crippen molar-refractivity contribution >= 4 is 12.0 Å². The Hall–Kier alpha value is -3.11. The number of aryl methyl sites for hydroxylation is 1. The molecule has 0 bridgehead atoms. The highest BCUT2D eigenvalue weighted by molar-refractivity contribution is 5.57. The minimum atomic E-state index is -0.132. The highest BCUT2D eigenvalue weighted by Gasteiger charge is 2.49. The summed E-state index contributed by atoms with van der Waals surface area (Å²) in [7, 11) is 0. The molecule has 2 aliphatic heterocycles. The quantitative estimate of drug-likeness (QED) is 0.578. The van der Waals surface area contributed by atoms with E-state index in [1.165, 1.54) is 27.9 Å². The Morgan fingerprint density at radius 1 is 0.970 bits per heavy atom. The lowest BCUT2D eigenvalue weighted by Crippen LogP contribution is -2.61. The van der Waals surface area contributed by atoms with Gasteiger partial charge in [0.05, 0.1) is 6.61 Å². The summed E-state index contributed by atoms with van der Waals surface area (Å²) in [5.41, 5.74) is 6.34. The van der Waals surface area contributed by atoms with E-state index in [2.05, 4.69) is 65.6 Å². The molecule has 168 valence electrons. The molecule has 1 spiro atoms. The highest BCUT2D eigenvalue weighted by Crippen LogP contribution is 2.47. The minimum absolute atomic E-state index is 0.0512. The maximum atomic E-state index is 11.1. The molecule has 2 fully saturated rings. The van der Waals surface area contributed by atoms with Crippen LogP contribution < -0.4 is 4.90 Å². The monoisotopic (exact) mass is 439 g/mol. The third kappa shape index (κ3) is 3.63. The normalized spacial score (nSPS) is 25.5. The number of nitrogens with zero attached hydrogens (tertiary/aromatic N) is 1. The van der Waals surface area contributed by atoms with E-state index in [0.29, 0.717) is 18.3 Å². The van der Waals surface area contributed by atoms with Gasteiger partial charge in [-0.25, -0.2) is 0 Å². The summed E-state index contributed by atoms with van der Waals surface area (Å²) in [5.74, 6) is 1.07. The largest absolute Gasteiger partial charge is 0.508 e. The van der Waals surface area contributed by atoms with Gasteiger partial charge in [0.2, 0.25) is 0 Å². The molecule has 2 saturated heterocycles. The first-order valence-corrected chi connectivity index (χ1v) is 11.9. The molecular weight excluding hydrogens is 410 g/mol. The van der Waals surface area contributed by atoms with Crippen LogP contribution in [0.25, 0.3) is 0 Å². The maximum absolute atomic E-state index is 11.1. The predicted molar refractivity (Wildman–Crippen MR) is 129 cm³/mol. The Kier molecular flexibility index (Phi) is 4.99. The average Bonchev–Trinajstić information content (AvgIpc) is 3.28. The number of hydrogen-bond donors (Lipinski definition) is 1. The van der Waals surface area contributed by atoms with Crippen molar-refractivity contribution in [1.29, 1.82) is 0 Å². The number of anilines is 1. The van der Waals surface area contributed by atoms with Gasteiger partial charge >= 0.3 is 0 Å². The molecule has 4 nitrogen and oxygen atoms in total. The number of hydrogen-bond acceptors (Lipinski definition) is 4. The molecule has 0 radical (unpaired) electrons. The topological polar surface area (TPSA) is 49.8 Å². The first-order chi connectivity index (χ1) is 16.1. The zero-order valence-electron chi connectivity index (χ0n) is 18.7. The van der Waals surface area contributed by atoms with E-state index in [-0.39, 0.29) is 17.4 Å². The number of carbonyl (C=O) groups is 1. The van der Waals surface area contributed by atoms with Crippen molar-refractivity contribution in [1.82, 2.24) is 0 Å². The Morgan fingerprint density at radius 3 is 2.48 bits per heavy atom. The molecule has 3 atom stereocenters. The van der Waals surface area contributed by atoms with Crippen molar-refractivity contribution in [3.63, 3.8) is 0 Å². The van der Waals surface area contributed by atoms with E-state index in [0.717, 1.165) is 38.6 Å². The maximum Gasteiger partial charge on any atom is 0.125 e. The van der Waals surface area contributed by atoms with E-state index in [4.69, 9.17) is 4.74 Å². The number of fused-ring (bicyclic) bond motifs is 1. The summed E-state index contributed by atoms with van der Waals surface area (Å²) >= 11 is 0. The van der Waals surface area contributed by atoms with Crippen LogP contribution in [0.3, 0.4) is 0 Å². The second-order valence-corrected chi connectivity index (χ2v) is 9.96. The van der Waals surface area contributed by atoms with E-state index < -0.39 is 0 Å². The molecule has 4 heteroatoms. The highest BCUT2D eigenvalue weighted by atomic mass is 16.5. The van der Waals surface area contributed by atoms with Crippen LogP contribution >= 0.6 is 0 Å². The van der Waals surface area contributed by atoms with Crippen LogP contribution in [-0.4, -0.2) is 36.7 Å². The molecule has 3 aliphatic rings. The summed E-state index contributed by atoms with van der Waals surface area (Å²) in [4.78, 5) is 13.4. The number of benzene rings is 3. The SMILES string of the molecule is O=CC1COC2(C1)CN(c1ccc(C3c4ccc(O)cc4CCC3c3ccccc3)cc1)C2. The van der Waals surface area contributed by atoms with Gasteiger partial charge in [0, 0.05) is 30.6 Å². The lowest BCUT2D eigenvalue weighted by atomic mass is 9.69. The number of aromatic hydroxyl groups is 1. The Morgan fingerprint density at radius 2 is 1.76 bits per heavy atom. The fourth-order valence-corrected chi connectivity index (χ4v) is 6.19. The molecule has 33 heavy (non-hydrogen) atoms. The Labute approximate surface area is 194 Å². The second kappa shape index (κ2) is 8.03. The van der Waals surface area contributed by atoms with Crippen LogP contribution in [0.4, 0.5) is 5.69 Å². The molecule has 1 aliphatic carbocycles. The smallest absolute Gasteiger partial charge is 0.125 e. The third-order valence-electron chi connectivity index (χ3n) is 7.82. The zero-order valence-corrected chi connectivity index (χ0v) is 18.7. The summed E-state index contributed by atoms with van der Waals surface area (Å²) < 4.78 is 5.97. The second-order valence-electron chi connectivity index (χ2n) is 9.96. The van der Waals surface area contributed by atoms with Gasteiger partial charge in [-0.05, 0) is 71.7 Å². The van der Waals surface area contributed by atoms with Crippen LogP contribution in [0.1, 0.15) is 46.9 Å². The Balaban J connectivity index is 1.28. The van der Waals surface area contributed by atoms with Gasteiger partial charge in [-0.3, -0.25) is 0 Å². The van der Waals surface area contributed by atoms with Crippen LogP contribution in [0.15, 0.2) is 72.8 Å². The van der Waals surface area contributed by atoms with Gasteiger partial charge in [0.1, 0.15) is 17.6 Å². The van der Waals surface area contributed by atoms with Gasteiger partial charge in [0.15, 0.2) is 0 Å². The lowest BCUT2D eigenvalue weighted by molar-refractivity contribution is -0.111. The number of phenolic OH excluding ortho intramolecular Hbond substituents is 1. The summed E-state index contributed by atoms with van der Waals surface area (Å²) in [6, 6.07) is 25.7. The predicted octanol–water partition coefficient (Wildman–Crippen LogP) is 5.05. The van der Waals surface area contributed by atoms with E-state index in [1.54, 1.807) is 0 Å². The fourth-order valence-electron chi connectivity index (χ4n) is 6.19. The molecule has 1 N–H and O–H groups in total. The van der Waals surface area contributed by atoms with Crippen molar-refractivity contribution in [3.8, 4) is 5.75 Å². The number of rotatable bonds is 4. The van der Waals surface area contributed by atoms with Crippen LogP contribution in [0.5, 0.6) is 5.75 Å². The van der Waals surface area contributed by atoms with Crippen LogP contribution in [-0.2, 0) is 16.0 Å². The van der Waals surface area contributed by atoms with Gasteiger partial charge < -0.3 is 19.5 Å².